The molecule has 2 heterocycles. The fourth-order valence-electron chi connectivity index (χ4n) is 2.94. The van der Waals surface area contributed by atoms with Gasteiger partial charge in [0.2, 0.25) is 5.91 Å². The number of pyridine rings is 1. The van der Waals surface area contributed by atoms with Crippen LogP contribution in [0.2, 0.25) is 0 Å². The highest BCUT2D eigenvalue weighted by molar-refractivity contribution is 6.06. The first-order valence-corrected chi connectivity index (χ1v) is 7.92. The number of aryl methyl sites for hydroxylation is 1. The third-order valence-corrected chi connectivity index (χ3v) is 4.02. The number of benzene rings is 1. The number of nitrogens with two attached hydrogens (primary N) is 2. The summed E-state index contributed by atoms with van der Waals surface area (Å²) >= 11 is 0. The molecule has 4 N–H and O–H groups in total. The number of carbonyl (C=O) groups excluding carboxylic acids is 1. The van der Waals surface area contributed by atoms with Crippen molar-refractivity contribution in [3.8, 4) is 0 Å². The number of rotatable bonds is 7. The quantitative estimate of drug-likeness (QED) is 0.685. The van der Waals surface area contributed by atoms with Crippen molar-refractivity contribution in [3.05, 3.63) is 30.1 Å². The van der Waals surface area contributed by atoms with Crippen molar-refractivity contribution in [1.29, 1.82) is 0 Å². The van der Waals surface area contributed by atoms with Crippen LogP contribution in [0.15, 0.2) is 24.3 Å². The number of aromatic nitrogens is 3. The number of fused-ring (bicyclic) bond motifs is 3. The highest BCUT2D eigenvalue weighted by Gasteiger charge is 2.17. The largest absolute Gasteiger partial charge is 0.384 e. The summed E-state index contributed by atoms with van der Waals surface area (Å²) in [4.78, 5) is 20.2. The first-order chi connectivity index (χ1) is 11.6. The van der Waals surface area contributed by atoms with Crippen LogP contribution >= 0.6 is 0 Å². The van der Waals surface area contributed by atoms with Crippen molar-refractivity contribution in [3.63, 3.8) is 0 Å². The number of carbonyl (C=O) groups is 1. The summed E-state index contributed by atoms with van der Waals surface area (Å²) in [6, 6.07) is 7.84. The Labute approximate surface area is 139 Å². The summed E-state index contributed by atoms with van der Waals surface area (Å²) in [6.07, 6.45) is 1.65. The van der Waals surface area contributed by atoms with E-state index in [0.29, 0.717) is 43.7 Å². The number of nitrogens with zero attached hydrogens (tertiary/aromatic N) is 3. The monoisotopic (exact) mass is 327 g/mol. The number of amides is 1. The van der Waals surface area contributed by atoms with E-state index in [2.05, 4.69) is 14.5 Å². The number of para-hydroxylation sites is 1. The van der Waals surface area contributed by atoms with Crippen LogP contribution in [-0.4, -0.2) is 34.2 Å². The molecular formula is C17H21N5O2. The van der Waals surface area contributed by atoms with Gasteiger partial charge in [-0.25, -0.2) is 9.97 Å². The number of anilines is 1. The van der Waals surface area contributed by atoms with Gasteiger partial charge in [-0.2, -0.15) is 0 Å². The molecule has 3 rings (SSSR count). The zero-order chi connectivity index (χ0) is 17.1. The second kappa shape index (κ2) is 6.84. The summed E-state index contributed by atoms with van der Waals surface area (Å²) in [7, 11) is 1.66. The summed E-state index contributed by atoms with van der Waals surface area (Å²) in [5.74, 6) is 0.987. The maximum Gasteiger partial charge on any atom is 0.217 e. The van der Waals surface area contributed by atoms with Gasteiger partial charge in [0.25, 0.3) is 0 Å². The lowest BCUT2D eigenvalue weighted by atomic mass is 10.2. The van der Waals surface area contributed by atoms with Crippen molar-refractivity contribution in [2.45, 2.75) is 25.8 Å². The highest BCUT2D eigenvalue weighted by Crippen LogP contribution is 2.29. The molecule has 0 saturated heterocycles. The third kappa shape index (κ3) is 3.03. The number of imidazole rings is 1. The van der Waals surface area contributed by atoms with Gasteiger partial charge in [-0.1, -0.05) is 18.2 Å². The lowest BCUT2D eigenvalue weighted by Crippen LogP contribution is -2.13. The van der Waals surface area contributed by atoms with Crippen LogP contribution in [-0.2, 0) is 22.5 Å². The fraction of sp³-hybridized carbons (Fsp3) is 0.353. The zero-order valence-electron chi connectivity index (χ0n) is 13.7. The summed E-state index contributed by atoms with van der Waals surface area (Å²) in [5.41, 5.74) is 13.9. The Morgan fingerprint density at radius 1 is 1.29 bits per heavy atom. The minimum atomic E-state index is -0.302. The van der Waals surface area contributed by atoms with Crippen LogP contribution in [0.4, 0.5) is 5.82 Å². The maximum absolute atomic E-state index is 11.1. The van der Waals surface area contributed by atoms with Crippen LogP contribution in [0.1, 0.15) is 18.7 Å². The van der Waals surface area contributed by atoms with E-state index in [9.17, 15) is 4.79 Å². The predicted molar refractivity (Wildman–Crippen MR) is 93.5 cm³/mol. The Hall–Kier alpha value is -2.67. The molecule has 0 fully saturated rings. The van der Waals surface area contributed by atoms with Crippen LogP contribution < -0.4 is 11.5 Å². The number of hydrogen-bond donors (Lipinski definition) is 2. The van der Waals surface area contributed by atoms with E-state index >= 15 is 0 Å². The lowest BCUT2D eigenvalue weighted by Gasteiger charge is -2.10. The van der Waals surface area contributed by atoms with Gasteiger partial charge in [0, 0.05) is 31.9 Å². The van der Waals surface area contributed by atoms with Crippen LogP contribution in [0.3, 0.4) is 0 Å². The highest BCUT2D eigenvalue weighted by atomic mass is 16.5. The SMILES string of the molecule is COCCc1nc2c(N)nc3ccccc3c2n1CCCC(N)=O. The molecule has 0 aliphatic carbocycles. The van der Waals surface area contributed by atoms with Gasteiger partial charge in [-0.05, 0) is 12.5 Å². The number of primary amides is 1. The van der Waals surface area contributed by atoms with Crippen LogP contribution in [0, 0.1) is 0 Å². The summed E-state index contributed by atoms with van der Waals surface area (Å²) in [6.45, 7) is 1.20. The molecule has 7 nitrogen and oxygen atoms in total. The first kappa shape index (κ1) is 16.2. The second-order valence-corrected chi connectivity index (χ2v) is 5.70. The molecule has 2 aromatic heterocycles. The van der Waals surface area contributed by atoms with E-state index in [0.717, 1.165) is 22.2 Å². The number of nitrogen functional groups attached to an aromatic ring is 1. The van der Waals surface area contributed by atoms with Gasteiger partial charge >= 0.3 is 0 Å². The molecule has 3 aromatic rings. The van der Waals surface area contributed by atoms with Crippen molar-refractivity contribution >= 4 is 33.7 Å². The molecule has 0 bridgehead atoms. The van der Waals surface area contributed by atoms with Crippen LogP contribution in [0.25, 0.3) is 21.9 Å². The Balaban J connectivity index is 2.16. The molecule has 126 valence electrons. The third-order valence-electron chi connectivity index (χ3n) is 4.02. The van der Waals surface area contributed by atoms with E-state index in [-0.39, 0.29) is 5.91 Å². The Kier molecular flexibility index (Phi) is 4.61. The molecular weight excluding hydrogens is 306 g/mol. The molecule has 0 aliphatic rings. The number of ether oxygens (including phenoxy) is 1. The maximum atomic E-state index is 11.1. The standard InChI is InChI=1S/C17H21N5O2/c1-24-10-8-14-21-15-16(22(14)9-4-7-13(18)23)11-5-2-3-6-12(11)20-17(15)19/h2-3,5-6H,4,7-10H2,1H3,(H2,18,23)(H2,19,20). The van der Waals surface area contributed by atoms with E-state index in [4.69, 9.17) is 16.2 Å². The van der Waals surface area contributed by atoms with E-state index in [1.165, 1.54) is 0 Å². The molecule has 1 aromatic carbocycles. The van der Waals surface area contributed by atoms with Gasteiger partial charge in [0.15, 0.2) is 5.82 Å². The average molecular weight is 327 g/mol. The minimum Gasteiger partial charge on any atom is -0.384 e. The molecule has 0 spiro atoms. The molecule has 0 saturated carbocycles. The van der Waals surface area contributed by atoms with Crippen molar-refractivity contribution in [1.82, 2.24) is 14.5 Å². The Morgan fingerprint density at radius 2 is 2.08 bits per heavy atom. The van der Waals surface area contributed by atoms with Gasteiger partial charge in [-0.15, -0.1) is 0 Å². The topological polar surface area (TPSA) is 109 Å². The molecule has 0 atom stereocenters. The summed E-state index contributed by atoms with van der Waals surface area (Å²) < 4.78 is 7.29. The van der Waals surface area contributed by atoms with E-state index < -0.39 is 0 Å². The van der Waals surface area contributed by atoms with E-state index in [1.807, 2.05) is 24.3 Å². The van der Waals surface area contributed by atoms with Gasteiger partial charge in [-0.3, -0.25) is 4.79 Å². The zero-order valence-corrected chi connectivity index (χ0v) is 13.7. The van der Waals surface area contributed by atoms with Gasteiger partial charge in [0.1, 0.15) is 11.3 Å². The lowest BCUT2D eigenvalue weighted by molar-refractivity contribution is -0.118. The molecule has 0 unspecified atom stereocenters. The molecule has 7 heteroatoms. The average Bonchev–Trinajstić information content (AvgIpc) is 2.92. The minimum absolute atomic E-state index is 0.302. The predicted octanol–water partition coefficient (Wildman–Crippen LogP) is 1.62. The Bertz CT molecular complexity index is 887. The number of hydrogen-bond acceptors (Lipinski definition) is 5. The van der Waals surface area contributed by atoms with Gasteiger partial charge in [0.05, 0.1) is 17.6 Å². The molecule has 24 heavy (non-hydrogen) atoms. The normalized spacial score (nSPS) is 11.4. The van der Waals surface area contributed by atoms with Crippen LogP contribution in [0.5, 0.6) is 0 Å². The van der Waals surface area contributed by atoms with Crippen molar-refractivity contribution < 1.29 is 9.53 Å². The van der Waals surface area contributed by atoms with E-state index in [1.54, 1.807) is 7.11 Å². The molecule has 1 amide bonds. The fourth-order valence-corrected chi connectivity index (χ4v) is 2.94. The number of methoxy groups -OCH3 is 1. The smallest absolute Gasteiger partial charge is 0.217 e. The van der Waals surface area contributed by atoms with Gasteiger partial charge < -0.3 is 20.8 Å². The summed E-state index contributed by atoms with van der Waals surface area (Å²) in [5, 5.41) is 0.997. The Morgan fingerprint density at radius 3 is 2.83 bits per heavy atom. The molecule has 0 radical (unpaired) electrons. The molecule has 0 aliphatic heterocycles. The first-order valence-electron chi connectivity index (χ1n) is 7.92. The van der Waals surface area contributed by atoms with Crippen molar-refractivity contribution in [2.75, 3.05) is 19.5 Å². The van der Waals surface area contributed by atoms with Crippen molar-refractivity contribution in [2.24, 2.45) is 5.73 Å². The second-order valence-electron chi connectivity index (χ2n) is 5.70.